The van der Waals surface area contributed by atoms with Gasteiger partial charge in [-0.2, -0.15) is 0 Å². The van der Waals surface area contributed by atoms with E-state index >= 15 is 0 Å². The third-order valence-electron chi connectivity index (χ3n) is 1.33. The molecule has 0 radical (unpaired) electrons. The molecule has 0 aliphatic carbocycles. The molecule has 1 heteroatoms. The average molecular weight is 150 g/mol. The summed E-state index contributed by atoms with van der Waals surface area (Å²) in [5, 5.41) is 0. The third-order valence-corrected chi connectivity index (χ3v) is 1.33. The maximum absolute atomic E-state index is 5.47. The van der Waals surface area contributed by atoms with Crippen LogP contribution in [-0.4, -0.2) is 6.61 Å². The van der Waals surface area contributed by atoms with Crippen LogP contribution in [0, 0.1) is 5.92 Å². The molecule has 0 N–H and O–H groups in total. The minimum Gasteiger partial charge on any atom is -0.493 e. The molecule has 0 fully saturated rings. The lowest BCUT2D eigenvalue weighted by atomic mass is 10.2. The number of benzene rings is 1. The summed E-state index contributed by atoms with van der Waals surface area (Å²) in [6.07, 6.45) is 0. The Morgan fingerprint density at radius 2 is 1.82 bits per heavy atom. The van der Waals surface area contributed by atoms with Crippen LogP contribution in [0.3, 0.4) is 0 Å². The first-order chi connectivity index (χ1) is 5.29. The van der Waals surface area contributed by atoms with Gasteiger partial charge in [0.2, 0.25) is 0 Å². The highest BCUT2D eigenvalue weighted by molar-refractivity contribution is 5.20. The smallest absolute Gasteiger partial charge is 0.119 e. The zero-order valence-electron chi connectivity index (χ0n) is 7.08. The highest BCUT2D eigenvalue weighted by atomic mass is 16.5. The standard InChI is InChI=1S/C10H14O/c1-9(2)8-11-10-6-4-3-5-7-10/h3-7,9H,8H2,1-2H3. The maximum atomic E-state index is 5.47. The van der Waals surface area contributed by atoms with E-state index in [1.54, 1.807) is 0 Å². The van der Waals surface area contributed by atoms with Gasteiger partial charge >= 0.3 is 0 Å². The number of hydrogen-bond donors (Lipinski definition) is 0. The number of rotatable bonds is 3. The molecule has 60 valence electrons. The monoisotopic (exact) mass is 150 g/mol. The summed E-state index contributed by atoms with van der Waals surface area (Å²) in [6, 6.07) is 9.90. The summed E-state index contributed by atoms with van der Waals surface area (Å²) in [4.78, 5) is 0. The molecule has 0 unspecified atom stereocenters. The van der Waals surface area contributed by atoms with Gasteiger partial charge in [0, 0.05) is 0 Å². The van der Waals surface area contributed by atoms with Gasteiger partial charge in [0.15, 0.2) is 0 Å². The van der Waals surface area contributed by atoms with E-state index in [1.165, 1.54) is 0 Å². The molecule has 0 spiro atoms. The van der Waals surface area contributed by atoms with Crippen molar-refractivity contribution in [3.05, 3.63) is 30.3 Å². The molecule has 0 aliphatic rings. The second-order valence-corrected chi connectivity index (χ2v) is 3.02. The molecule has 0 amide bonds. The fourth-order valence-corrected chi connectivity index (χ4v) is 0.780. The Morgan fingerprint density at radius 3 is 2.36 bits per heavy atom. The van der Waals surface area contributed by atoms with Crippen molar-refractivity contribution in [3.8, 4) is 5.75 Å². The van der Waals surface area contributed by atoms with E-state index in [9.17, 15) is 0 Å². The van der Waals surface area contributed by atoms with Crippen LogP contribution in [0.5, 0.6) is 5.75 Å². The van der Waals surface area contributed by atoms with Crippen LogP contribution < -0.4 is 4.74 Å². The number of ether oxygens (including phenoxy) is 1. The molecule has 0 heterocycles. The normalized spacial score (nSPS) is 10.1. The first kappa shape index (κ1) is 8.12. The molecule has 0 bridgehead atoms. The lowest BCUT2D eigenvalue weighted by Crippen LogP contribution is -2.03. The summed E-state index contributed by atoms with van der Waals surface area (Å²) in [7, 11) is 0. The van der Waals surface area contributed by atoms with Crippen molar-refractivity contribution in [1.82, 2.24) is 0 Å². The Bertz CT molecular complexity index is 191. The highest BCUT2D eigenvalue weighted by Crippen LogP contribution is 2.09. The van der Waals surface area contributed by atoms with Gasteiger partial charge in [-0.3, -0.25) is 0 Å². The fourth-order valence-electron chi connectivity index (χ4n) is 0.780. The van der Waals surface area contributed by atoms with Gasteiger partial charge in [0.25, 0.3) is 0 Å². The topological polar surface area (TPSA) is 9.23 Å². The molecule has 11 heavy (non-hydrogen) atoms. The number of para-hydroxylation sites is 1. The SMILES string of the molecule is CC(C)COc1ccccc1. The van der Waals surface area contributed by atoms with E-state index in [0.29, 0.717) is 5.92 Å². The van der Waals surface area contributed by atoms with E-state index < -0.39 is 0 Å². The lowest BCUT2D eigenvalue weighted by molar-refractivity contribution is 0.271. The summed E-state index contributed by atoms with van der Waals surface area (Å²) < 4.78 is 5.47. The van der Waals surface area contributed by atoms with E-state index in [2.05, 4.69) is 13.8 Å². The zero-order valence-corrected chi connectivity index (χ0v) is 7.08. The van der Waals surface area contributed by atoms with Gasteiger partial charge in [-0.15, -0.1) is 0 Å². The Hall–Kier alpha value is -0.980. The third kappa shape index (κ3) is 3.08. The molecule has 1 aromatic carbocycles. The first-order valence-corrected chi connectivity index (χ1v) is 3.97. The molecule has 0 saturated carbocycles. The van der Waals surface area contributed by atoms with Crippen LogP contribution in [0.15, 0.2) is 30.3 Å². The van der Waals surface area contributed by atoms with Crippen molar-refractivity contribution in [2.45, 2.75) is 13.8 Å². The quantitative estimate of drug-likeness (QED) is 0.643. The Balaban J connectivity index is 2.39. The zero-order chi connectivity index (χ0) is 8.10. The second kappa shape index (κ2) is 4.02. The van der Waals surface area contributed by atoms with Crippen molar-refractivity contribution in [2.75, 3.05) is 6.61 Å². The predicted molar refractivity (Wildman–Crippen MR) is 46.8 cm³/mol. The minimum atomic E-state index is 0.593. The maximum Gasteiger partial charge on any atom is 0.119 e. The molecule has 0 atom stereocenters. The summed E-state index contributed by atoms with van der Waals surface area (Å²) in [6.45, 7) is 5.08. The van der Waals surface area contributed by atoms with Gasteiger partial charge < -0.3 is 4.74 Å². The first-order valence-electron chi connectivity index (χ1n) is 3.97. The predicted octanol–water partition coefficient (Wildman–Crippen LogP) is 2.72. The van der Waals surface area contributed by atoms with Crippen molar-refractivity contribution >= 4 is 0 Å². The molecule has 0 aliphatic heterocycles. The van der Waals surface area contributed by atoms with Crippen LogP contribution in [-0.2, 0) is 0 Å². The molecular weight excluding hydrogens is 136 g/mol. The molecule has 0 aromatic heterocycles. The largest absolute Gasteiger partial charge is 0.493 e. The molecule has 1 rings (SSSR count). The van der Waals surface area contributed by atoms with Crippen molar-refractivity contribution < 1.29 is 4.74 Å². The van der Waals surface area contributed by atoms with E-state index in [-0.39, 0.29) is 0 Å². The van der Waals surface area contributed by atoms with Crippen LogP contribution in [0.1, 0.15) is 13.8 Å². The lowest BCUT2D eigenvalue weighted by Gasteiger charge is -2.07. The highest BCUT2D eigenvalue weighted by Gasteiger charge is 1.94. The molecule has 1 aromatic rings. The van der Waals surface area contributed by atoms with Gasteiger partial charge in [-0.05, 0) is 18.1 Å². The average Bonchev–Trinajstić information content (AvgIpc) is 2.03. The van der Waals surface area contributed by atoms with E-state index in [4.69, 9.17) is 4.74 Å². The van der Waals surface area contributed by atoms with Gasteiger partial charge in [0.1, 0.15) is 5.75 Å². The Labute approximate surface area is 68.0 Å². The summed E-state index contributed by atoms with van der Waals surface area (Å²) in [5.74, 6) is 1.55. The van der Waals surface area contributed by atoms with Gasteiger partial charge in [0.05, 0.1) is 6.61 Å². The number of hydrogen-bond acceptors (Lipinski definition) is 1. The van der Waals surface area contributed by atoms with Crippen molar-refractivity contribution in [3.63, 3.8) is 0 Å². The molecular formula is C10H14O. The van der Waals surface area contributed by atoms with Crippen LogP contribution in [0.2, 0.25) is 0 Å². The minimum absolute atomic E-state index is 0.593. The van der Waals surface area contributed by atoms with Crippen LogP contribution >= 0.6 is 0 Å². The van der Waals surface area contributed by atoms with Crippen molar-refractivity contribution in [2.24, 2.45) is 5.92 Å². The van der Waals surface area contributed by atoms with Crippen LogP contribution in [0.25, 0.3) is 0 Å². The summed E-state index contributed by atoms with van der Waals surface area (Å²) in [5.41, 5.74) is 0. The second-order valence-electron chi connectivity index (χ2n) is 3.02. The Kier molecular flexibility index (Phi) is 2.96. The van der Waals surface area contributed by atoms with E-state index in [0.717, 1.165) is 12.4 Å². The van der Waals surface area contributed by atoms with Gasteiger partial charge in [-0.1, -0.05) is 32.0 Å². The van der Waals surface area contributed by atoms with E-state index in [1.807, 2.05) is 30.3 Å². The Morgan fingerprint density at radius 1 is 1.18 bits per heavy atom. The van der Waals surface area contributed by atoms with Gasteiger partial charge in [-0.25, -0.2) is 0 Å². The molecule has 1 nitrogen and oxygen atoms in total. The summed E-state index contributed by atoms with van der Waals surface area (Å²) >= 11 is 0. The van der Waals surface area contributed by atoms with Crippen LogP contribution in [0.4, 0.5) is 0 Å². The molecule has 0 saturated heterocycles. The van der Waals surface area contributed by atoms with Crippen molar-refractivity contribution in [1.29, 1.82) is 0 Å². The fraction of sp³-hybridized carbons (Fsp3) is 0.400.